The highest BCUT2D eigenvalue weighted by Gasteiger charge is 2.14. The van der Waals surface area contributed by atoms with E-state index in [1.165, 1.54) is 11.3 Å². The normalized spacial score (nSPS) is 11.6. The number of rotatable bonds is 6. The van der Waals surface area contributed by atoms with Crippen molar-refractivity contribution in [1.82, 2.24) is 10.3 Å². The molecule has 0 bridgehead atoms. The van der Waals surface area contributed by atoms with E-state index in [4.69, 9.17) is 16.2 Å². The third kappa shape index (κ3) is 5.28. The third-order valence-corrected chi connectivity index (χ3v) is 5.59. The SMILES string of the molecule is CC(NC(=O)OCc1ccccc1)c1ccc(-c2csc(N=C(N)N)n2)s1. The van der Waals surface area contributed by atoms with E-state index < -0.39 is 6.09 Å². The average molecular weight is 402 g/mol. The molecule has 27 heavy (non-hydrogen) atoms. The second kappa shape index (κ2) is 8.65. The van der Waals surface area contributed by atoms with Crippen molar-refractivity contribution in [1.29, 1.82) is 0 Å². The summed E-state index contributed by atoms with van der Waals surface area (Å²) in [5.41, 5.74) is 12.5. The lowest BCUT2D eigenvalue weighted by molar-refractivity contribution is 0.136. The number of carbonyl (C=O) groups is 1. The van der Waals surface area contributed by atoms with Crippen LogP contribution in [0.2, 0.25) is 0 Å². The molecule has 5 N–H and O–H groups in total. The second-order valence-corrected chi connectivity index (χ2v) is 7.63. The Hall–Kier alpha value is -2.91. The van der Waals surface area contributed by atoms with Gasteiger partial charge in [-0.25, -0.2) is 9.78 Å². The lowest BCUT2D eigenvalue weighted by Gasteiger charge is -2.12. The predicted molar refractivity (Wildman–Crippen MR) is 109 cm³/mol. The Morgan fingerprint density at radius 3 is 2.78 bits per heavy atom. The number of guanidine groups is 1. The second-order valence-electron chi connectivity index (χ2n) is 5.68. The summed E-state index contributed by atoms with van der Waals surface area (Å²) in [4.78, 5) is 22.3. The summed E-state index contributed by atoms with van der Waals surface area (Å²) < 4.78 is 5.26. The first kappa shape index (κ1) is 18.9. The summed E-state index contributed by atoms with van der Waals surface area (Å²) in [6.45, 7) is 2.15. The number of thiophene rings is 1. The highest BCUT2D eigenvalue weighted by molar-refractivity contribution is 7.17. The molecule has 2 aromatic heterocycles. The van der Waals surface area contributed by atoms with Crippen LogP contribution in [0.25, 0.3) is 10.6 Å². The summed E-state index contributed by atoms with van der Waals surface area (Å²) in [5.74, 6) is -0.0189. The zero-order valence-electron chi connectivity index (χ0n) is 14.6. The highest BCUT2D eigenvalue weighted by Crippen LogP contribution is 2.33. The molecule has 3 aromatic rings. The zero-order chi connectivity index (χ0) is 19.2. The topological polar surface area (TPSA) is 116 Å². The number of amides is 1. The maximum Gasteiger partial charge on any atom is 0.407 e. The van der Waals surface area contributed by atoms with Crippen LogP contribution in [0.1, 0.15) is 23.4 Å². The number of thiazole rings is 1. The predicted octanol–water partition coefficient (Wildman–Crippen LogP) is 3.76. The van der Waals surface area contributed by atoms with Gasteiger partial charge >= 0.3 is 6.09 Å². The number of aliphatic imine (C=N–C) groups is 1. The maximum absolute atomic E-state index is 12.0. The van der Waals surface area contributed by atoms with Crippen LogP contribution in [0.5, 0.6) is 0 Å². The molecule has 1 amide bonds. The standard InChI is InChI=1S/C18H19N5O2S2/c1-11(21-18(24)25-9-12-5-3-2-4-6-12)14-7-8-15(27-14)13-10-26-17(22-13)23-16(19)20/h2-8,10-11H,9H2,1H3,(H,21,24)(H4,19,20,22,23). The summed E-state index contributed by atoms with van der Waals surface area (Å²) >= 11 is 2.91. The minimum atomic E-state index is -0.454. The van der Waals surface area contributed by atoms with E-state index in [9.17, 15) is 4.79 Å². The first-order valence-corrected chi connectivity index (χ1v) is 9.83. The Balaban J connectivity index is 1.58. The smallest absolute Gasteiger partial charge is 0.407 e. The molecule has 0 saturated carbocycles. The van der Waals surface area contributed by atoms with E-state index in [0.29, 0.717) is 5.13 Å². The largest absolute Gasteiger partial charge is 0.445 e. The van der Waals surface area contributed by atoms with E-state index in [0.717, 1.165) is 21.0 Å². The fourth-order valence-corrected chi connectivity index (χ4v) is 4.03. The van der Waals surface area contributed by atoms with Crippen molar-refractivity contribution in [3.8, 4) is 10.6 Å². The summed E-state index contributed by atoms with van der Waals surface area (Å²) in [6.07, 6.45) is -0.454. The van der Waals surface area contributed by atoms with Gasteiger partial charge in [0.05, 0.1) is 16.6 Å². The van der Waals surface area contributed by atoms with Crippen molar-refractivity contribution in [3.05, 3.63) is 58.3 Å². The van der Waals surface area contributed by atoms with Gasteiger partial charge < -0.3 is 21.5 Å². The Labute approximate surface area is 164 Å². The Bertz CT molecular complexity index is 932. The van der Waals surface area contributed by atoms with E-state index in [-0.39, 0.29) is 18.6 Å². The first-order valence-electron chi connectivity index (χ1n) is 8.14. The molecule has 0 aliphatic carbocycles. The number of alkyl carbamates (subject to hydrolysis) is 1. The van der Waals surface area contributed by atoms with Gasteiger partial charge in [0.2, 0.25) is 5.13 Å². The number of ether oxygens (including phenoxy) is 1. The Kier molecular flexibility index (Phi) is 6.05. The monoisotopic (exact) mass is 401 g/mol. The lowest BCUT2D eigenvalue weighted by Crippen LogP contribution is -2.26. The molecule has 3 rings (SSSR count). The number of hydrogen-bond donors (Lipinski definition) is 3. The van der Waals surface area contributed by atoms with Crippen molar-refractivity contribution >= 4 is 39.9 Å². The number of nitrogens with zero attached hydrogens (tertiary/aromatic N) is 2. The molecule has 2 heterocycles. The fourth-order valence-electron chi connectivity index (χ4n) is 2.28. The van der Waals surface area contributed by atoms with Crippen molar-refractivity contribution in [2.75, 3.05) is 0 Å². The number of carbonyl (C=O) groups excluding carboxylic acids is 1. The Morgan fingerprint density at radius 1 is 1.26 bits per heavy atom. The zero-order valence-corrected chi connectivity index (χ0v) is 16.2. The van der Waals surface area contributed by atoms with E-state index in [1.54, 1.807) is 11.3 Å². The molecule has 0 saturated heterocycles. The van der Waals surface area contributed by atoms with Crippen molar-refractivity contribution in [2.24, 2.45) is 16.5 Å². The molecule has 1 unspecified atom stereocenters. The molecule has 0 aliphatic heterocycles. The van der Waals surface area contributed by atoms with E-state index in [2.05, 4.69) is 15.3 Å². The lowest BCUT2D eigenvalue weighted by atomic mass is 10.2. The van der Waals surface area contributed by atoms with Crippen LogP contribution >= 0.6 is 22.7 Å². The number of nitrogens with one attached hydrogen (secondary N) is 1. The quantitative estimate of drug-likeness (QED) is 0.429. The van der Waals surface area contributed by atoms with Crippen LogP contribution in [0.15, 0.2) is 52.8 Å². The molecule has 7 nitrogen and oxygen atoms in total. The number of nitrogens with two attached hydrogens (primary N) is 2. The molecule has 0 radical (unpaired) electrons. The van der Waals surface area contributed by atoms with Crippen molar-refractivity contribution < 1.29 is 9.53 Å². The molecule has 140 valence electrons. The van der Waals surface area contributed by atoms with Crippen LogP contribution in [0.4, 0.5) is 9.93 Å². The minimum Gasteiger partial charge on any atom is -0.445 e. The molecule has 0 aliphatic rings. The van der Waals surface area contributed by atoms with Crippen LogP contribution in [0.3, 0.4) is 0 Å². The maximum atomic E-state index is 12.0. The van der Waals surface area contributed by atoms with Crippen LogP contribution < -0.4 is 16.8 Å². The van der Waals surface area contributed by atoms with Gasteiger partial charge in [0.25, 0.3) is 0 Å². The summed E-state index contributed by atoms with van der Waals surface area (Å²) in [6, 6.07) is 13.3. The van der Waals surface area contributed by atoms with Gasteiger partial charge in [-0.1, -0.05) is 30.3 Å². The van der Waals surface area contributed by atoms with E-state index >= 15 is 0 Å². The average Bonchev–Trinajstić information content (AvgIpc) is 3.29. The van der Waals surface area contributed by atoms with Gasteiger partial charge in [-0.2, -0.15) is 4.99 Å². The summed E-state index contributed by atoms with van der Waals surface area (Å²) in [7, 11) is 0. The Morgan fingerprint density at radius 2 is 2.04 bits per heavy atom. The number of aromatic nitrogens is 1. The van der Waals surface area contributed by atoms with Crippen molar-refractivity contribution in [3.63, 3.8) is 0 Å². The van der Waals surface area contributed by atoms with Gasteiger partial charge in [-0.15, -0.1) is 22.7 Å². The molecule has 1 atom stereocenters. The van der Waals surface area contributed by atoms with Crippen LogP contribution in [-0.4, -0.2) is 17.0 Å². The van der Waals surface area contributed by atoms with Gasteiger partial charge in [0, 0.05) is 10.3 Å². The molecule has 0 fully saturated rings. The van der Waals surface area contributed by atoms with Gasteiger partial charge in [0.1, 0.15) is 6.61 Å². The highest BCUT2D eigenvalue weighted by atomic mass is 32.1. The minimum absolute atomic E-state index is 0.0189. The number of benzene rings is 1. The molecule has 0 spiro atoms. The van der Waals surface area contributed by atoms with Crippen LogP contribution in [-0.2, 0) is 11.3 Å². The van der Waals surface area contributed by atoms with Crippen LogP contribution in [0, 0.1) is 0 Å². The van der Waals surface area contributed by atoms with Gasteiger partial charge in [-0.3, -0.25) is 0 Å². The van der Waals surface area contributed by atoms with E-state index in [1.807, 2.05) is 54.8 Å². The molecule has 1 aromatic carbocycles. The molecule has 9 heteroatoms. The first-order chi connectivity index (χ1) is 13.0. The fraction of sp³-hybridized carbons (Fsp3) is 0.167. The number of hydrogen-bond acceptors (Lipinski definition) is 6. The van der Waals surface area contributed by atoms with Gasteiger partial charge in [-0.05, 0) is 24.6 Å². The van der Waals surface area contributed by atoms with Gasteiger partial charge in [0.15, 0.2) is 5.96 Å². The summed E-state index contributed by atoms with van der Waals surface area (Å²) in [5, 5.41) is 5.24. The third-order valence-electron chi connectivity index (χ3n) is 3.57. The molecular weight excluding hydrogens is 382 g/mol. The van der Waals surface area contributed by atoms with Crippen molar-refractivity contribution in [2.45, 2.75) is 19.6 Å². The molecular formula is C18H19N5O2S2.